The first kappa shape index (κ1) is 48.0. The van der Waals surface area contributed by atoms with Crippen molar-refractivity contribution in [3.05, 3.63) is 48.3 Å². The van der Waals surface area contributed by atoms with Gasteiger partial charge in [-0.25, -0.2) is 4.79 Å². The van der Waals surface area contributed by atoms with Crippen LogP contribution in [0.25, 0.3) is 0 Å². The van der Waals surface area contributed by atoms with Crippen LogP contribution in [0.2, 0.25) is 0 Å². The monoisotopic (exact) mass is 668 g/mol. The lowest BCUT2D eigenvalue weighted by Gasteiger charge is -2.41. The predicted molar refractivity (Wildman–Crippen MR) is 204 cm³/mol. The van der Waals surface area contributed by atoms with Gasteiger partial charge in [-0.1, -0.05) is 79.7 Å². The summed E-state index contributed by atoms with van der Waals surface area (Å²) < 4.78 is 5.41. The minimum absolute atomic E-state index is 0.0903. The fraction of sp³-hybridized carbons (Fsp3) is 0.730. The van der Waals surface area contributed by atoms with Gasteiger partial charge in [0.15, 0.2) is 0 Å². The number of rotatable bonds is 0. The fourth-order valence-electron chi connectivity index (χ4n) is 4.25. The molecule has 1 saturated heterocycles. The highest BCUT2D eigenvalue weighted by atomic mass is 32.2. The molecule has 5 aliphatic rings. The van der Waals surface area contributed by atoms with E-state index in [0.29, 0.717) is 11.2 Å². The lowest BCUT2D eigenvalue weighted by atomic mass is 9.75. The Labute approximate surface area is 289 Å². The van der Waals surface area contributed by atoms with Gasteiger partial charge in [0, 0.05) is 38.9 Å². The van der Waals surface area contributed by atoms with Gasteiger partial charge in [-0.05, 0) is 95.5 Å². The van der Waals surface area contributed by atoms with Gasteiger partial charge in [0.05, 0.1) is 5.75 Å². The summed E-state index contributed by atoms with van der Waals surface area (Å²) >= 11 is 1.51. The Morgan fingerprint density at radius 3 is 1.87 bits per heavy atom. The molecule has 0 unspecified atom stereocenters. The van der Waals surface area contributed by atoms with Gasteiger partial charge < -0.3 is 30.9 Å². The molecule has 0 atom stereocenters. The molecule has 0 aromatic rings. The summed E-state index contributed by atoms with van der Waals surface area (Å²) in [7, 11) is 0. The zero-order valence-electron chi connectivity index (χ0n) is 31.6. The Balaban J connectivity index is -0.000000550. The Bertz CT molecular complexity index is 798. The molecule has 5 rings (SSSR count). The first-order chi connectivity index (χ1) is 22.3. The van der Waals surface area contributed by atoms with Gasteiger partial charge in [-0.3, -0.25) is 4.79 Å². The van der Waals surface area contributed by atoms with Crippen molar-refractivity contribution in [1.82, 2.24) is 26.2 Å². The van der Waals surface area contributed by atoms with Crippen LogP contribution >= 0.6 is 11.8 Å². The highest BCUT2D eigenvalue weighted by Crippen LogP contribution is 2.37. The molecule has 8 nitrogen and oxygen atoms in total. The van der Waals surface area contributed by atoms with Gasteiger partial charge in [-0.15, -0.1) is 11.8 Å². The second-order valence-electron chi connectivity index (χ2n) is 10.9. The van der Waals surface area contributed by atoms with E-state index in [1.807, 2.05) is 92.7 Å². The number of nitrogens with zero attached hydrogens (tertiary/aromatic N) is 1. The number of piperidine rings is 1. The number of ether oxygens (including phenoxy) is 1. The summed E-state index contributed by atoms with van der Waals surface area (Å²) in [6.07, 6.45) is 22.8. The molecule has 4 N–H and O–H groups in total. The summed E-state index contributed by atoms with van der Waals surface area (Å²) in [4.78, 5) is 24.1. The van der Waals surface area contributed by atoms with E-state index in [1.165, 1.54) is 43.9 Å². The Morgan fingerprint density at radius 1 is 0.804 bits per heavy atom. The molecule has 270 valence electrons. The summed E-state index contributed by atoms with van der Waals surface area (Å²) in [5.74, 6) is 0.656. The Hall–Kier alpha value is -2.39. The SMILES string of the molecule is C1=CCNCC1.C1=CNCCCC1.CC.CC.CC.CC.CC(C)(C)OC(=O)N1CCC2(C=CNCC2)CC1.O=C1CSC=CN1. The van der Waals surface area contributed by atoms with Crippen LogP contribution < -0.4 is 21.3 Å². The smallest absolute Gasteiger partial charge is 0.410 e. The van der Waals surface area contributed by atoms with Crippen molar-refractivity contribution in [3.8, 4) is 0 Å². The fourth-order valence-corrected chi connectivity index (χ4v) is 4.75. The number of carbonyl (C=O) groups is 2. The van der Waals surface area contributed by atoms with Crippen molar-refractivity contribution >= 4 is 23.8 Å². The summed E-state index contributed by atoms with van der Waals surface area (Å²) in [6, 6.07) is 0. The van der Waals surface area contributed by atoms with Crippen molar-refractivity contribution in [2.75, 3.05) is 45.0 Å². The largest absolute Gasteiger partial charge is 0.444 e. The minimum Gasteiger partial charge on any atom is -0.444 e. The van der Waals surface area contributed by atoms with Crippen molar-refractivity contribution in [2.45, 2.75) is 127 Å². The lowest BCUT2D eigenvalue weighted by molar-refractivity contribution is -0.117. The average molecular weight is 668 g/mol. The topological polar surface area (TPSA) is 94.7 Å². The normalized spacial score (nSPS) is 18.2. The van der Waals surface area contributed by atoms with Crippen LogP contribution in [0.3, 0.4) is 0 Å². The van der Waals surface area contributed by atoms with Gasteiger partial charge in [0.1, 0.15) is 5.60 Å². The molecule has 0 bridgehead atoms. The average Bonchev–Trinajstić information content (AvgIpc) is 3.44. The van der Waals surface area contributed by atoms with E-state index in [1.54, 1.807) is 6.20 Å². The number of hydrogen-bond donors (Lipinski definition) is 4. The van der Waals surface area contributed by atoms with E-state index < -0.39 is 5.60 Å². The minimum atomic E-state index is -0.402. The van der Waals surface area contributed by atoms with Gasteiger partial charge in [0.25, 0.3) is 0 Å². The molecule has 5 aliphatic heterocycles. The molecule has 0 aromatic heterocycles. The van der Waals surface area contributed by atoms with Gasteiger partial charge in [0.2, 0.25) is 5.91 Å². The number of allylic oxidation sites excluding steroid dienone is 2. The molecule has 1 spiro atoms. The first-order valence-corrected chi connectivity index (χ1v) is 19.0. The number of amides is 2. The number of likely N-dealkylation sites (tertiary alicyclic amines) is 1. The molecule has 0 saturated carbocycles. The zero-order chi connectivity index (χ0) is 35.5. The molecule has 46 heavy (non-hydrogen) atoms. The van der Waals surface area contributed by atoms with E-state index in [0.717, 1.165) is 52.1 Å². The maximum absolute atomic E-state index is 12.0. The third-order valence-corrected chi connectivity index (χ3v) is 7.21. The number of thioether (sulfide) groups is 1. The number of carbonyl (C=O) groups excluding carboxylic acids is 2. The van der Waals surface area contributed by atoms with Gasteiger partial charge >= 0.3 is 6.09 Å². The molecule has 0 radical (unpaired) electrons. The lowest BCUT2D eigenvalue weighted by Crippen LogP contribution is -2.46. The van der Waals surface area contributed by atoms with Crippen LogP contribution in [-0.4, -0.2) is 67.5 Å². The predicted octanol–water partition coefficient (Wildman–Crippen LogP) is 8.75. The molecule has 1 fully saturated rings. The van der Waals surface area contributed by atoms with Crippen LogP contribution in [0, 0.1) is 5.41 Å². The maximum Gasteiger partial charge on any atom is 0.410 e. The van der Waals surface area contributed by atoms with E-state index in [4.69, 9.17) is 4.74 Å². The van der Waals surface area contributed by atoms with Crippen LogP contribution in [0.4, 0.5) is 4.79 Å². The molecule has 9 heteroatoms. The number of nitrogens with one attached hydrogen (secondary N) is 4. The zero-order valence-corrected chi connectivity index (χ0v) is 32.4. The quantitative estimate of drug-likeness (QED) is 0.192. The Kier molecular flexibility index (Phi) is 35.4. The third-order valence-electron chi connectivity index (χ3n) is 6.45. The van der Waals surface area contributed by atoms with Crippen molar-refractivity contribution in [3.63, 3.8) is 0 Å². The van der Waals surface area contributed by atoms with E-state index in [9.17, 15) is 9.59 Å². The summed E-state index contributed by atoms with van der Waals surface area (Å²) in [5, 5.41) is 14.0. The Morgan fingerprint density at radius 2 is 1.46 bits per heavy atom. The molecule has 0 aromatic carbocycles. The second-order valence-corrected chi connectivity index (χ2v) is 11.8. The third kappa shape index (κ3) is 27.9. The van der Waals surface area contributed by atoms with E-state index >= 15 is 0 Å². The first-order valence-electron chi connectivity index (χ1n) is 18.0. The molecule has 2 amide bonds. The summed E-state index contributed by atoms with van der Waals surface area (Å²) in [6.45, 7) is 27.8. The molecular formula is C37H73N5O3S. The van der Waals surface area contributed by atoms with Crippen LogP contribution in [0.5, 0.6) is 0 Å². The van der Waals surface area contributed by atoms with Crippen LogP contribution in [-0.2, 0) is 9.53 Å². The molecular weight excluding hydrogens is 595 g/mol. The highest BCUT2D eigenvalue weighted by Gasteiger charge is 2.35. The standard InChI is InChI=1S/C14H24N2O2.C6H11N.C5H9N.C4H5NOS.4C2H6/c1-13(2,3)18-12(17)16-10-6-14(7-11-16)4-8-15-9-5-14;1-2-4-6-7-5-3-1;1-2-4-6-5-3-1;6-4-3-7-2-1-5-4;4*1-2/h4,8,15H,5-7,9-11H2,1-3H3;3,5,7H,1-2,4,6H2;1-2,6H,3-5H2;1-2H,3H2,(H,5,6);4*1-2H3. The van der Waals surface area contributed by atoms with Crippen LogP contribution in [0.15, 0.2) is 48.3 Å². The van der Waals surface area contributed by atoms with Crippen molar-refractivity contribution in [1.29, 1.82) is 0 Å². The highest BCUT2D eigenvalue weighted by molar-refractivity contribution is 8.02. The van der Waals surface area contributed by atoms with E-state index in [-0.39, 0.29) is 12.0 Å². The van der Waals surface area contributed by atoms with Crippen molar-refractivity contribution < 1.29 is 14.3 Å². The number of hydrogen-bond acceptors (Lipinski definition) is 7. The van der Waals surface area contributed by atoms with Crippen LogP contribution in [0.1, 0.15) is 121 Å². The van der Waals surface area contributed by atoms with Gasteiger partial charge in [-0.2, -0.15) is 0 Å². The molecule has 0 aliphatic carbocycles. The van der Waals surface area contributed by atoms with E-state index in [2.05, 4.69) is 51.8 Å². The second kappa shape index (κ2) is 34.0. The molecule has 5 heterocycles. The maximum atomic E-state index is 12.0. The summed E-state index contributed by atoms with van der Waals surface area (Å²) in [5.41, 5.74) is -0.0926. The van der Waals surface area contributed by atoms with Crippen molar-refractivity contribution in [2.24, 2.45) is 5.41 Å².